The summed E-state index contributed by atoms with van der Waals surface area (Å²) in [5.74, 6) is 1.04. The Bertz CT molecular complexity index is 577. The summed E-state index contributed by atoms with van der Waals surface area (Å²) < 4.78 is 5.41. The summed E-state index contributed by atoms with van der Waals surface area (Å²) in [5.41, 5.74) is 6.84. The number of ether oxygens (including phenoxy) is 1. The number of fused-ring (bicyclic) bond motifs is 1. The van der Waals surface area contributed by atoms with Gasteiger partial charge in [0.1, 0.15) is 5.82 Å². The molecule has 100 valence electrons. The largest absolute Gasteiger partial charge is 0.398 e. The third kappa shape index (κ3) is 2.24. The Morgan fingerprint density at radius 1 is 1.21 bits per heavy atom. The maximum absolute atomic E-state index is 6.03. The van der Waals surface area contributed by atoms with Gasteiger partial charge < -0.3 is 15.4 Å². The number of nitrogens with zero attached hydrogens (tertiary/aromatic N) is 2. The summed E-state index contributed by atoms with van der Waals surface area (Å²) in [7, 11) is 1.79. The molecule has 4 nitrogen and oxygen atoms in total. The first-order valence-corrected chi connectivity index (χ1v) is 6.70. The van der Waals surface area contributed by atoms with Crippen LogP contribution in [-0.4, -0.2) is 31.3 Å². The van der Waals surface area contributed by atoms with E-state index in [2.05, 4.69) is 16.0 Å². The molecule has 0 amide bonds. The standard InChI is InChI=1S/C15H19N3O/c1-19-11-6-9-18(10-7-11)15-13-3-2-4-14(16)12(13)5-8-17-15/h2-5,8,11H,6-7,9-10,16H2,1H3. The second-order valence-electron chi connectivity index (χ2n) is 5.00. The van der Waals surface area contributed by atoms with E-state index >= 15 is 0 Å². The number of nitrogens with two attached hydrogens (primary N) is 1. The summed E-state index contributed by atoms with van der Waals surface area (Å²) in [6.07, 6.45) is 4.33. The van der Waals surface area contributed by atoms with Gasteiger partial charge in [-0.05, 0) is 25.0 Å². The molecule has 0 unspecified atom stereocenters. The zero-order valence-corrected chi connectivity index (χ0v) is 11.2. The zero-order valence-electron chi connectivity index (χ0n) is 11.2. The molecule has 1 aliphatic heterocycles. The molecule has 2 heterocycles. The third-order valence-corrected chi connectivity index (χ3v) is 3.89. The molecule has 1 aliphatic rings. The number of methoxy groups -OCH3 is 1. The van der Waals surface area contributed by atoms with E-state index in [4.69, 9.17) is 10.5 Å². The molecule has 0 radical (unpaired) electrons. The van der Waals surface area contributed by atoms with Gasteiger partial charge in [-0.2, -0.15) is 0 Å². The summed E-state index contributed by atoms with van der Waals surface area (Å²) in [5, 5.41) is 2.22. The van der Waals surface area contributed by atoms with Gasteiger partial charge in [-0.15, -0.1) is 0 Å². The van der Waals surface area contributed by atoms with Gasteiger partial charge in [0.2, 0.25) is 0 Å². The quantitative estimate of drug-likeness (QED) is 0.839. The number of benzene rings is 1. The molecule has 0 aliphatic carbocycles. The fraction of sp³-hybridized carbons (Fsp3) is 0.400. The number of nitrogen functional groups attached to an aromatic ring is 1. The highest BCUT2D eigenvalue weighted by Gasteiger charge is 2.21. The Balaban J connectivity index is 1.95. The molecule has 0 spiro atoms. The van der Waals surface area contributed by atoms with Crippen LogP contribution in [0, 0.1) is 0 Å². The van der Waals surface area contributed by atoms with Crippen molar-refractivity contribution in [1.82, 2.24) is 4.98 Å². The van der Waals surface area contributed by atoms with Crippen LogP contribution in [-0.2, 0) is 4.74 Å². The van der Waals surface area contributed by atoms with Gasteiger partial charge in [-0.3, -0.25) is 0 Å². The molecule has 2 aromatic rings. The molecular formula is C15H19N3O. The number of aromatic nitrogens is 1. The predicted octanol–water partition coefficient (Wildman–Crippen LogP) is 2.43. The van der Waals surface area contributed by atoms with Crippen LogP contribution in [0.5, 0.6) is 0 Å². The Labute approximate surface area is 113 Å². The average molecular weight is 257 g/mol. The maximum Gasteiger partial charge on any atom is 0.136 e. The molecule has 19 heavy (non-hydrogen) atoms. The number of hydrogen-bond donors (Lipinski definition) is 1. The molecule has 1 saturated heterocycles. The molecule has 4 heteroatoms. The smallest absolute Gasteiger partial charge is 0.136 e. The highest BCUT2D eigenvalue weighted by molar-refractivity contribution is 5.99. The molecule has 3 rings (SSSR count). The van der Waals surface area contributed by atoms with E-state index in [9.17, 15) is 0 Å². The van der Waals surface area contributed by atoms with E-state index in [-0.39, 0.29) is 0 Å². The molecule has 1 aromatic carbocycles. The fourth-order valence-corrected chi connectivity index (χ4v) is 2.77. The van der Waals surface area contributed by atoms with Crippen LogP contribution in [0.15, 0.2) is 30.5 Å². The van der Waals surface area contributed by atoms with Crippen molar-refractivity contribution in [3.8, 4) is 0 Å². The van der Waals surface area contributed by atoms with E-state index in [0.717, 1.165) is 48.2 Å². The SMILES string of the molecule is COC1CCN(c2nccc3c(N)cccc23)CC1. The van der Waals surface area contributed by atoms with E-state index in [1.165, 1.54) is 0 Å². The first-order valence-electron chi connectivity index (χ1n) is 6.70. The minimum absolute atomic E-state index is 0.385. The lowest BCUT2D eigenvalue weighted by molar-refractivity contribution is 0.0818. The minimum atomic E-state index is 0.385. The van der Waals surface area contributed by atoms with Crippen molar-refractivity contribution >= 4 is 22.3 Å². The van der Waals surface area contributed by atoms with Crippen molar-refractivity contribution in [3.05, 3.63) is 30.5 Å². The van der Waals surface area contributed by atoms with E-state index in [1.54, 1.807) is 7.11 Å². The van der Waals surface area contributed by atoms with Gasteiger partial charge in [0.05, 0.1) is 6.10 Å². The van der Waals surface area contributed by atoms with Gasteiger partial charge in [0.25, 0.3) is 0 Å². The lowest BCUT2D eigenvalue weighted by Gasteiger charge is -2.32. The first-order chi connectivity index (χ1) is 9.29. The molecule has 0 atom stereocenters. The van der Waals surface area contributed by atoms with Crippen LogP contribution in [0.4, 0.5) is 11.5 Å². The monoisotopic (exact) mass is 257 g/mol. The van der Waals surface area contributed by atoms with Crippen molar-refractivity contribution in [3.63, 3.8) is 0 Å². The Hall–Kier alpha value is -1.81. The normalized spacial score (nSPS) is 17.0. The van der Waals surface area contributed by atoms with Gasteiger partial charge >= 0.3 is 0 Å². The van der Waals surface area contributed by atoms with E-state index < -0.39 is 0 Å². The zero-order chi connectivity index (χ0) is 13.2. The first kappa shape index (κ1) is 12.2. The van der Waals surface area contributed by atoms with E-state index in [0.29, 0.717) is 6.10 Å². The number of rotatable bonds is 2. The molecule has 0 bridgehead atoms. The molecule has 2 N–H and O–H groups in total. The Kier molecular flexibility index (Phi) is 3.25. The number of pyridine rings is 1. The van der Waals surface area contributed by atoms with Crippen molar-refractivity contribution in [2.45, 2.75) is 18.9 Å². The average Bonchev–Trinajstić information content (AvgIpc) is 2.47. The fourth-order valence-electron chi connectivity index (χ4n) is 2.77. The summed E-state index contributed by atoms with van der Waals surface area (Å²) >= 11 is 0. The summed E-state index contributed by atoms with van der Waals surface area (Å²) in [6.45, 7) is 1.97. The third-order valence-electron chi connectivity index (χ3n) is 3.89. The molecule has 1 fully saturated rings. The highest BCUT2D eigenvalue weighted by Crippen LogP contribution is 2.29. The van der Waals surface area contributed by atoms with Crippen molar-refractivity contribution in [1.29, 1.82) is 0 Å². The van der Waals surface area contributed by atoms with E-state index in [1.807, 2.05) is 24.4 Å². The second-order valence-corrected chi connectivity index (χ2v) is 5.00. The molecule has 1 aromatic heterocycles. The number of piperidine rings is 1. The second kappa shape index (κ2) is 5.05. The predicted molar refractivity (Wildman–Crippen MR) is 78.4 cm³/mol. The lowest BCUT2D eigenvalue weighted by atomic mass is 10.1. The molecular weight excluding hydrogens is 238 g/mol. The summed E-state index contributed by atoms with van der Waals surface area (Å²) in [6, 6.07) is 8.00. The van der Waals surface area contributed by atoms with Crippen LogP contribution in [0.25, 0.3) is 10.8 Å². The van der Waals surface area contributed by atoms with Crippen molar-refractivity contribution < 1.29 is 4.74 Å². The summed E-state index contributed by atoms with van der Waals surface area (Å²) in [4.78, 5) is 6.88. The van der Waals surface area contributed by atoms with Gasteiger partial charge in [-0.25, -0.2) is 4.98 Å². The minimum Gasteiger partial charge on any atom is -0.398 e. The van der Waals surface area contributed by atoms with Crippen LogP contribution in [0.2, 0.25) is 0 Å². The molecule has 0 saturated carbocycles. The lowest BCUT2D eigenvalue weighted by Crippen LogP contribution is -2.37. The van der Waals surface area contributed by atoms with Crippen LogP contribution in [0.1, 0.15) is 12.8 Å². The van der Waals surface area contributed by atoms with Gasteiger partial charge in [-0.1, -0.05) is 12.1 Å². The Morgan fingerprint density at radius 2 is 2.00 bits per heavy atom. The van der Waals surface area contributed by atoms with Gasteiger partial charge in [0.15, 0.2) is 0 Å². The van der Waals surface area contributed by atoms with Crippen LogP contribution in [0.3, 0.4) is 0 Å². The van der Waals surface area contributed by atoms with Crippen LogP contribution >= 0.6 is 0 Å². The Morgan fingerprint density at radius 3 is 2.74 bits per heavy atom. The van der Waals surface area contributed by atoms with Crippen molar-refractivity contribution in [2.24, 2.45) is 0 Å². The number of anilines is 2. The van der Waals surface area contributed by atoms with Crippen LogP contribution < -0.4 is 10.6 Å². The van der Waals surface area contributed by atoms with Gasteiger partial charge in [0, 0.05) is 42.9 Å². The van der Waals surface area contributed by atoms with Crippen molar-refractivity contribution in [2.75, 3.05) is 30.8 Å². The topological polar surface area (TPSA) is 51.4 Å². The maximum atomic E-state index is 6.03. The number of hydrogen-bond acceptors (Lipinski definition) is 4. The highest BCUT2D eigenvalue weighted by atomic mass is 16.5.